The first-order valence-corrected chi connectivity index (χ1v) is 4.20. The first-order valence-electron chi connectivity index (χ1n) is 4.20. The molecule has 0 aliphatic heterocycles. The molecule has 0 aliphatic rings. The molecule has 0 unspecified atom stereocenters. The molecule has 0 saturated heterocycles. The first kappa shape index (κ1) is 11.3. The van der Waals surface area contributed by atoms with Crippen LogP contribution in [-0.4, -0.2) is 25.3 Å². The fourth-order valence-corrected chi connectivity index (χ4v) is 1.20. The van der Waals surface area contributed by atoms with Crippen LogP contribution >= 0.6 is 0 Å². The van der Waals surface area contributed by atoms with Gasteiger partial charge in [0.05, 0.1) is 20.6 Å². The molecule has 0 saturated carbocycles. The molecule has 0 fully saturated rings. The van der Waals surface area contributed by atoms with Gasteiger partial charge in [-0.2, -0.15) is 4.39 Å². The largest absolute Gasteiger partial charge is 0.494 e. The number of hydrogen-bond donors (Lipinski definition) is 1. The second kappa shape index (κ2) is 4.63. The summed E-state index contributed by atoms with van der Waals surface area (Å²) in [6.07, 6.45) is -0.201. The molecule has 4 nitrogen and oxygen atoms in total. The van der Waals surface area contributed by atoms with Gasteiger partial charge in [0.1, 0.15) is 0 Å². The molecule has 0 radical (unpaired) electrons. The van der Waals surface area contributed by atoms with E-state index in [1.807, 2.05) is 0 Å². The fraction of sp³-hybridized carbons (Fsp3) is 0.300. The number of benzene rings is 1. The maximum absolute atomic E-state index is 13.4. The second-order valence-electron chi connectivity index (χ2n) is 2.88. The molecule has 0 aliphatic carbocycles. The van der Waals surface area contributed by atoms with E-state index in [4.69, 9.17) is 14.6 Å². The van der Waals surface area contributed by atoms with Gasteiger partial charge in [0.25, 0.3) is 0 Å². The summed E-state index contributed by atoms with van der Waals surface area (Å²) in [5, 5.41) is 8.59. The molecule has 82 valence electrons. The van der Waals surface area contributed by atoms with Crippen LogP contribution < -0.4 is 9.47 Å². The highest BCUT2D eigenvalue weighted by Crippen LogP contribution is 2.28. The van der Waals surface area contributed by atoms with E-state index in [-0.39, 0.29) is 17.9 Å². The van der Waals surface area contributed by atoms with Gasteiger partial charge in [0.2, 0.25) is 5.82 Å². The summed E-state index contributed by atoms with van der Waals surface area (Å²) in [7, 11) is 2.62. The van der Waals surface area contributed by atoms with E-state index in [1.54, 1.807) is 0 Å². The van der Waals surface area contributed by atoms with Crippen LogP contribution in [-0.2, 0) is 11.2 Å². The van der Waals surface area contributed by atoms with Gasteiger partial charge in [-0.25, -0.2) is 0 Å². The zero-order valence-corrected chi connectivity index (χ0v) is 8.41. The Labute approximate surface area is 86.2 Å². The van der Waals surface area contributed by atoms with Crippen molar-refractivity contribution in [2.45, 2.75) is 6.42 Å². The minimum atomic E-state index is -0.995. The topological polar surface area (TPSA) is 55.8 Å². The van der Waals surface area contributed by atoms with Crippen molar-refractivity contribution >= 4 is 5.97 Å². The number of aliphatic carboxylic acids is 1. The lowest BCUT2D eigenvalue weighted by Crippen LogP contribution is -2.02. The van der Waals surface area contributed by atoms with E-state index in [0.717, 1.165) is 0 Å². The van der Waals surface area contributed by atoms with Crippen molar-refractivity contribution in [3.05, 3.63) is 23.5 Å². The average molecular weight is 214 g/mol. The predicted octanol–water partition coefficient (Wildman–Crippen LogP) is 1.47. The van der Waals surface area contributed by atoms with Gasteiger partial charge >= 0.3 is 5.97 Å². The Kier molecular flexibility index (Phi) is 3.49. The quantitative estimate of drug-likeness (QED) is 0.824. The minimum Gasteiger partial charge on any atom is -0.494 e. The van der Waals surface area contributed by atoms with Crippen LogP contribution in [0.1, 0.15) is 5.56 Å². The summed E-state index contributed by atoms with van der Waals surface area (Å²) < 4.78 is 22.9. The zero-order valence-electron chi connectivity index (χ0n) is 8.41. The molecule has 0 spiro atoms. The smallest absolute Gasteiger partial charge is 0.307 e. The number of carbonyl (C=O) groups is 1. The maximum Gasteiger partial charge on any atom is 0.307 e. The van der Waals surface area contributed by atoms with Crippen LogP contribution in [0.25, 0.3) is 0 Å². The fourth-order valence-electron chi connectivity index (χ4n) is 1.20. The summed E-state index contributed by atoms with van der Waals surface area (Å²) in [5.74, 6) is -1.67. The molecule has 0 bridgehead atoms. The highest BCUT2D eigenvalue weighted by Gasteiger charge is 2.13. The van der Waals surface area contributed by atoms with Crippen LogP contribution in [0.4, 0.5) is 4.39 Å². The Hall–Kier alpha value is -1.78. The van der Waals surface area contributed by atoms with Crippen molar-refractivity contribution < 1.29 is 23.8 Å². The lowest BCUT2D eigenvalue weighted by atomic mass is 10.1. The monoisotopic (exact) mass is 214 g/mol. The van der Waals surface area contributed by atoms with E-state index in [0.29, 0.717) is 5.56 Å². The standard InChI is InChI=1S/C10H11FO4/c1-14-7-3-6(5-9(12)13)4-8(15-2)10(7)11/h3-4H,5H2,1-2H3,(H,12,13). The molecule has 1 aromatic carbocycles. The van der Waals surface area contributed by atoms with E-state index in [2.05, 4.69) is 0 Å². The first-order chi connectivity index (χ1) is 7.08. The minimum absolute atomic E-state index is 0.0226. The van der Waals surface area contributed by atoms with Crippen molar-refractivity contribution in [3.63, 3.8) is 0 Å². The lowest BCUT2D eigenvalue weighted by molar-refractivity contribution is -0.136. The van der Waals surface area contributed by atoms with Crippen LogP contribution in [0.2, 0.25) is 0 Å². The molecule has 15 heavy (non-hydrogen) atoms. The Morgan fingerprint density at radius 3 is 2.13 bits per heavy atom. The number of carboxylic acid groups (broad SMARTS) is 1. The summed E-state index contributed by atoms with van der Waals surface area (Å²) in [4.78, 5) is 10.5. The number of ether oxygens (including phenoxy) is 2. The second-order valence-corrected chi connectivity index (χ2v) is 2.88. The van der Waals surface area contributed by atoms with E-state index < -0.39 is 11.8 Å². The predicted molar refractivity (Wildman–Crippen MR) is 50.8 cm³/mol. The van der Waals surface area contributed by atoms with Crippen molar-refractivity contribution in [1.82, 2.24) is 0 Å². The van der Waals surface area contributed by atoms with Gasteiger partial charge in [-0.05, 0) is 17.7 Å². The third-order valence-electron chi connectivity index (χ3n) is 1.86. The number of methoxy groups -OCH3 is 2. The summed E-state index contributed by atoms with van der Waals surface area (Å²) in [6, 6.07) is 2.68. The van der Waals surface area contributed by atoms with E-state index in [9.17, 15) is 9.18 Å². The highest BCUT2D eigenvalue weighted by atomic mass is 19.1. The molecule has 1 rings (SSSR count). The van der Waals surface area contributed by atoms with Crippen LogP contribution in [0, 0.1) is 5.82 Å². The Morgan fingerprint density at radius 2 is 1.80 bits per heavy atom. The molecule has 5 heteroatoms. The Morgan fingerprint density at radius 1 is 1.33 bits per heavy atom. The molecular weight excluding hydrogens is 203 g/mol. The SMILES string of the molecule is COc1cc(CC(=O)O)cc(OC)c1F. The van der Waals surface area contributed by atoms with E-state index in [1.165, 1.54) is 26.4 Å². The van der Waals surface area contributed by atoms with Crippen molar-refractivity contribution in [2.24, 2.45) is 0 Å². The highest BCUT2D eigenvalue weighted by molar-refractivity contribution is 5.70. The number of carboxylic acids is 1. The van der Waals surface area contributed by atoms with Crippen LogP contribution in [0.3, 0.4) is 0 Å². The number of rotatable bonds is 4. The van der Waals surface area contributed by atoms with Gasteiger partial charge in [-0.15, -0.1) is 0 Å². The molecule has 1 aromatic rings. The number of hydrogen-bond acceptors (Lipinski definition) is 3. The van der Waals surface area contributed by atoms with Crippen LogP contribution in [0.15, 0.2) is 12.1 Å². The lowest BCUT2D eigenvalue weighted by Gasteiger charge is -2.08. The summed E-state index contributed by atoms with van der Waals surface area (Å²) >= 11 is 0. The molecule has 0 atom stereocenters. The van der Waals surface area contributed by atoms with Gasteiger partial charge in [0.15, 0.2) is 11.5 Å². The van der Waals surface area contributed by atoms with Crippen molar-refractivity contribution in [1.29, 1.82) is 0 Å². The molecule has 1 N–H and O–H groups in total. The van der Waals surface area contributed by atoms with Crippen molar-refractivity contribution in [3.8, 4) is 11.5 Å². The summed E-state index contributed by atoms with van der Waals surface area (Å²) in [5.41, 5.74) is 0.428. The Bertz CT molecular complexity index is 351. The maximum atomic E-state index is 13.4. The molecule has 0 amide bonds. The molecule has 0 heterocycles. The third-order valence-corrected chi connectivity index (χ3v) is 1.86. The Balaban J connectivity index is 3.14. The van der Waals surface area contributed by atoms with Gasteiger partial charge in [0, 0.05) is 0 Å². The molecular formula is C10H11FO4. The molecule has 0 aromatic heterocycles. The summed E-state index contributed by atoms with van der Waals surface area (Å²) in [6.45, 7) is 0. The third kappa shape index (κ3) is 2.59. The average Bonchev–Trinajstić information content (AvgIpc) is 2.19. The normalized spacial score (nSPS) is 9.80. The van der Waals surface area contributed by atoms with Gasteiger partial charge in [-0.1, -0.05) is 0 Å². The number of halogens is 1. The van der Waals surface area contributed by atoms with Gasteiger partial charge in [-0.3, -0.25) is 4.79 Å². The van der Waals surface area contributed by atoms with Crippen LogP contribution in [0.5, 0.6) is 11.5 Å². The van der Waals surface area contributed by atoms with Crippen molar-refractivity contribution in [2.75, 3.05) is 14.2 Å². The van der Waals surface area contributed by atoms with E-state index >= 15 is 0 Å². The van der Waals surface area contributed by atoms with Gasteiger partial charge < -0.3 is 14.6 Å². The zero-order chi connectivity index (χ0) is 11.4.